The van der Waals surface area contributed by atoms with E-state index in [9.17, 15) is 14.4 Å². The minimum absolute atomic E-state index is 0.0257. The largest absolute Gasteiger partial charge is 0.480 e. The molecule has 32 heteroatoms. The summed E-state index contributed by atoms with van der Waals surface area (Å²) in [6.07, 6.45) is 16.7. The molecule has 4 N–H and O–H groups in total. The van der Waals surface area contributed by atoms with Crippen LogP contribution in [0.15, 0.2) is 11.6 Å². The fraction of sp³-hybridized carbons (Fsp3) is 0.940. The summed E-state index contributed by atoms with van der Waals surface area (Å²) in [5.74, 6) is 3.81. The van der Waals surface area contributed by atoms with Crippen molar-refractivity contribution in [2.75, 3.05) is 335 Å². The van der Waals surface area contributed by atoms with E-state index in [1.54, 1.807) is 5.57 Å². The quantitative estimate of drug-likeness (QED) is 0.0314. The second-order valence-electron chi connectivity index (χ2n) is 29.9. The first kappa shape index (κ1) is 105. The number of allylic oxidation sites excluding steroid dienone is 1. The van der Waals surface area contributed by atoms with E-state index in [0.29, 0.717) is 329 Å². The van der Waals surface area contributed by atoms with Gasteiger partial charge in [0.05, 0.1) is 329 Å². The van der Waals surface area contributed by atoms with Crippen molar-refractivity contribution in [1.29, 1.82) is 0 Å². The van der Waals surface area contributed by atoms with Crippen LogP contribution in [0, 0.1) is 46.3 Å². The number of carboxylic acids is 1. The maximum atomic E-state index is 12.9. The van der Waals surface area contributed by atoms with E-state index in [1.165, 1.54) is 63.1 Å². The Bertz CT molecular complexity index is 2300. The minimum atomic E-state index is -1.09. The second-order valence-corrected chi connectivity index (χ2v) is 30.9. The summed E-state index contributed by atoms with van der Waals surface area (Å²) in [6.45, 7) is 34.9. The zero-order chi connectivity index (χ0) is 82.3. The lowest BCUT2D eigenvalue weighted by Crippen LogP contribution is -2.51. The summed E-state index contributed by atoms with van der Waals surface area (Å²) in [5, 5.41) is 11.4. The molecule has 676 valence electrons. The lowest BCUT2D eigenvalue weighted by Gasteiger charge is -2.58. The van der Waals surface area contributed by atoms with Crippen molar-refractivity contribution < 1.29 is 138 Å². The molecule has 1 amide bonds. The Morgan fingerprint density at radius 3 is 1.07 bits per heavy atom. The molecule has 0 radical (unpaired) electrons. The van der Waals surface area contributed by atoms with Crippen molar-refractivity contribution in [1.82, 2.24) is 5.32 Å². The summed E-state index contributed by atoms with van der Waals surface area (Å²) < 4.78 is 139. The van der Waals surface area contributed by atoms with E-state index >= 15 is 0 Å². The Balaban J connectivity index is 0.716. The van der Waals surface area contributed by atoms with Gasteiger partial charge in [-0.15, -0.1) is 11.8 Å². The number of hydrogen-bond donors (Lipinski definition) is 3. The van der Waals surface area contributed by atoms with E-state index in [2.05, 4.69) is 46.0 Å². The molecule has 0 heterocycles. The highest BCUT2D eigenvalue weighted by molar-refractivity contribution is 8.00. The van der Waals surface area contributed by atoms with Gasteiger partial charge in [-0.1, -0.05) is 65.5 Å². The molecule has 4 rings (SSSR count). The number of carboxylic acid groups (broad SMARTS) is 1. The number of aliphatic carboxylic acids is 1. The van der Waals surface area contributed by atoms with Crippen molar-refractivity contribution in [3.8, 4) is 0 Å². The van der Waals surface area contributed by atoms with Crippen LogP contribution in [0.3, 0.4) is 0 Å². The van der Waals surface area contributed by atoms with Crippen LogP contribution in [0.25, 0.3) is 0 Å². The number of nitrogens with two attached hydrogens (primary N) is 1. The SMILES string of the molecule is CC(C)CCC[C@@H](C)[C@H]1CCC2C3CC=C4CC(OC(=O)CCOCCOCCOCCOCCOCCOCCOCCOCCOCCOCCOCCOCCOCCOCCOCCOCCOCCOCCOCCOCCOCCOCCOCCOCCNC(=O)CSC[C@H](N)C(=O)O)CC[C@]4(C)C3CC[C@@]21C. The number of amides is 1. The van der Waals surface area contributed by atoms with Crippen LogP contribution < -0.4 is 11.1 Å². The van der Waals surface area contributed by atoms with Gasteiger partial charge in [0.15, 0.2) is 0 Å². The number of carbonyl (C=O) groups excluding carboxylic acids is 2. The Kier molecular flexibility index (Phi) is 66.6. The molecule has 4 aliphatic rings. The monoisotopic (exact) mass is 1680 g/mol. The van der Waals surface area contributed by atoms with Gasteiger partial charge in [-0.2, -0.15) is 0 Å². The van der Waals surface area contributed by atoms with Crippen LogP contribution in [0.1, 0.15) is 112 Å². The standard InChI is InChI=1S/C83H154N2O29S/c1-70(2)7-6-8-71(3)75-11-12-76-74-10-9-72-67-73(13-16-82(72,4)77(74)14-17-83(75,76)5)114-80(87)15-19-90-21-23-92-25-27-94-29-31-96-33-35-98-37-39-100-41-43-102-45-47-104-49-51-106-53-55-108-57-59-110-61-63-112-65-66-113-64-62-111-60-58-109-56-54-107-52-50-105-48-46-103-44-42-101-40-38-99-36-34-97-32-30-95-28-26-93-24-22-91-20-18-85-79(86)69-115-68-78(84)81(88)89/h9,70-71,73-78H,6-8,10-69,84H2,1-5H3,(H,85,86)(H,88,89)/t71-,73?,74?,75-,76?,77?,78+,82+,83-/m1/s1. The van der Waals surface area contributed by atoms with E-state index in [-0.39, 0.29) is 41.3 Å². The van der Waals surface area contributed by atoms with Crippen LogP contribution in [0.2, 0.25) is 0 Å². The summed E-state index contributed by atoms with van der Waals surface area (Å²) in [4.78, 5) is 35.3. The van der Waals surface area contributed by atoms with Gasteiger partial charge in [-0.25, -0.2) is 0 Å². The molecule has 0 saturated heterocycles. The van der Waals surface area contributed by atoms with Gasteiger partial charge in [0.1, 0.15) is 12.1 Å². The zero-order valence-electron chi connectivity index (χ0n) is 71.1. The Labute approximate surface area is 692 Å². The van der Waals surface area contributed by atoms with Gasteiger partial charge >= 0.3 is 11.9 Å². The van der Waals surface area contributed by atoms with Crippen molar-refractivity contribution in [2.45, 2.75) is 124 Å². The number of rotatable bonds is 86. The number of nitrogens with one attached hydrogen (secondary N) is 1. The topological polar surface area (TPSA) is 340 Å². The molecule has 0 spiro atoms. The smallest absolute Gasteiger partial charge is 0.321 e. The van der Waals surface area contributed by atoms with E-state index in [0.717, 1.165) is 54.8 Å². The first-order valence-electron chi connectivity index (χ1n) is 42.9. The average Bonchev–Trinajstić information content (AvgIpc) is 1.68. The highest BCUT2D eigenvalue weighted by Crippen LogP contribution is 2.67. The molecule has 4 aliphatic carbocycles. The molecule has 115 heavy (non-hydrogen) atoms. The van der Waals surface area contributed by atoms with Gasteiger partial charge < -0.3 is 135 Å². The lowest BCUT2D eigenvalue weighted by atomic mass is 9.47. The van der Waals surface area contributed by atoms with Crippen molar-refractivity contribution >= 4 is 29.6 Å². The van der Waals surface area contributed by atoms with Crippen molar-refractivity contribution in [3.05, 3.63) is 11.6 Å². The van der Waals surface area contributed by atoms with Crippen LogP contribution in [0.5, 0.6) is 0 Å². The zero-order valence-corrected chi connectivity index (χ0v) is 71.9. The van der Waals surface area contributed by atoms with Crippen molar-refractivity contribution in [2.24, 2.45) is 52.1 Å². The number of esters is 1. The Morgan fingerprint density at radius 1 is 0.426 bits per heavy atom. The fourth-order valence-electron chi connectivity index (χ4n) is 15.0. The predicted octanol–water partition coefficient (Wildman–Crippen LogP) is 6.99. The molecule has 9 atom stereocenters. The third kappa shape index (κ3) is 53.9. The second kappa shape index (κ2) is 73.1. The number of hydrogen-bond acceptors (Lipinski definition) is 30. The van der Waals surface area contributed by atoms with Gasteiger partial charge in [-0.05, 0) is 91.3 Å². The van der Waals surface area contributed by atoms with Gasteiger partial charge in [0.25, 0.3) is 0 Å². The van der Waals surface area contributed by atoms with Crippen LogP contribution in [-0.2, 0) is 133 Å². The summed E-state index contributed by atoms with van der Waals surface area (Å²) in [6, 6.07) is -0.980. The molecule has 0 aromatic carbocycles. The lowest BCUT2D eigenvalue weighted by molar-refractivity contribution is -0.153. The molecule has 0 aromatic rings. The molecule has 0 aromatic heterocycles. The number of thioether (sulfide) groups is 1. The summed E-state index contributed by atoms with van der Waals surface area (Å²) in [7, 11) is 0. The van der Waals surface area contributed by atoms with Gasteiger partial charge in [0, 0.05) is 18.7 Å². The van der Waals surface area contributed by atoms with E-state index in [4.69, 9.17) is 129 Å². The maximum Gasteiger partial charge on any atom is 0.321 e. The highest BCUT2D eigenvalue weighted by atomic mass is 32.2. The van der Waals surface area contributed by atoms with Crippen LogP contribution >= 0.6 is 11.8 Å². The molecule has 3 fully saturated rings. The van der Waals surface area contributed by atoms with Crippen LogP contribution in [0.4, 0.5) is 0 Å². The highest BCUT2D eigenvalue weighted by Gasteiger charge is 2.59. The Hall–Kier alpha value is -2.50. The summed E-state index contributed by atoms with van der Waals surface area (Å²) >= 11 is 1.17. The molecule has 3 saturated carbocycles. The maximum absolute atomic E-state index is 12.9. The molecular weight excluding hydrogens is 1520 g/mol. The van der Waals surface area contributed by atoms with E-state index < -0.39 is 12.0 Å². The molecular formula is C83H154N2O29S. The number of carbonyl (C=O) groups is 3. The van der Waals surface area contributed by atoms with Gasteiger partial charge in [-0.3, -0.25) is 14.4 Å². The van der Waals surface area contributed by atoms with Crippen molar-refractivity contribution in [3.63, 3.8) is 0 Å². The molecule has 0 bridgehead atoms. The van der Waals surface area contributed by atoms with Gasteiger partial charge in [0.2, 0.25) is 5.91 Å². The first-order valence-corrected chi connectivity index (χ1v) is 44.1. The third-order valence-corrected chi connectivity index (χ3v) is 22.0. The Morgan fingerprint density at radius 2 is 0.748 bits per heavy atom. The van der Waals surface area contributed by atoms with E-state index in [1.807, 2.05) is 0 Å². The minimum Gasteiger partial charge on any atom is -0.480 e. The molecule has 4 unspecified atom stereocenters. The first-order chi connectivity index (χ1) is 56.3. The summed E-state index contributed by atoms with van der Waals surface area (Å²) in [5.41, 5.74) is 7.71. The predicted molar refractivity (Wildman–Crippen MR) is 433 cm³/mol. The third-order valence-electron chi connectivity index (χ3n) is 21.0. The number of fused-ring (bicyclic) bond motifs is 5. The molecule has 31 nitrogen and oxygen atoms in total. The van der Waals surface area contributed by atoms with Crippen LogP contribution in [-0.4, -0.2) is 370 Å². The average molecular weight is 1680 g/mol. The normalized spacial score (nSPS) is 20.5. The fourth-order valence-corrected chi connectivity index (χ4v) is 15.8. The molecule has 0 aliphatic heterocycles. The number of ether oxygens (including phenoxy) is 25.